The highest BCUT2D eigenvalue weighted by molar-refractivity contribution is 6.23. The van der Waals surface area contributed by atoms with Gasteiger partial charge in [0, 0.05) is 50.2 Å². The van der Waals surface area contributed by atoms with Crippen molar-refractivity contribution in [1.82, 2.24) is 0 Å². The molecule has 9 aromatic rings. The fourth-order valence-corrected chi connectivity index (χ4v) is 4.90. The standard InChI is InChI=1S/C42H27NO2/c1-4-12-28(13-5-1)29-20-22-32(23-21-29)43(31-16-8-3-9-17-31)33-24-25-34-36-27-39-41(35-18-10-11-19-37(35)44-39)40(30-14-6-2-7-15-30)42(36)45-38(34)26-33/h1-27H/i1D,2D,3D,4D,5D,6D,7D,8D,9D,10D,11D,12D,13D,14D,15D,16D,17D,18D,19D,20D,21D,22D,23D,24D,25D,26D,27D. The van der Waals surface area contributed by atoms with E-state index in [1.165, 1.54) is 0 Å². The van der Waals surface area contributed by atoms with Gasteiger partial charge in [-0.1, -0.05) is 109 Å². The molecule has 212 valence electrons. The van der Waals surface area contributed by atoms with Gasteiger partial charge in [0.05, 0.1) is 37.0 Å². The average molecular weight is 605 g/mol. The van der Waals surface area contributed by atoms with Crippen LogP contribution in [-0.2, 0) is 0 Å². The number of nitrogens with zero attached hydrogens (tertiary/aromatic N) is 1. The van der Waals surface area contributed by atoms with Gasteiger partial charge in [0.2, 0.25) is 0 Å². The molecule has 9 rings (SSSR count). The molecule has 0 aliphatic carbocycles. The number of furan rings is 2. The molecule has 0 saturated carbocycles. The van der Waals surface area contributed by atoms with Crippen molar-refractivity contribution in [3.8, 4) is 22.3 Å². The van der Waals surface area contributed by atoms with Crippen molar-refractivity contribution < 1.29 is 45.8 Å². The molecule has 0 bridgehead atoms. The number of fused-ring (bicyclic) bond motifs is 6. The third-order valence-electron chi connectivity index (χ3n) is 6.77. The van der Waals surface area contributed by atoms with Crippen molar-refractivity contribution in [3.63, 3.8) is 0 Å². The highest BCUT2D eigenvalue weighted by Gasteiger charge is 2.22. The highest BCUT2D eigenvalue weighted by Crippen LogP contribution is 2.46. The molecule has 3 nitrogen and oxygen atoms in total. The van der Waals surface area contributed by atoms with Crippen LogP contribution in [0.25, 0.3) is 66.1 Å². The molecule has 0 fully saturated rings. The second kappa shape index (κ2) is 10.3. The Morgan fingerprint density at radius 2 is 1.00 bits per heavy atom. The number of hydrogen-bond donors (Lipinski definition) is 0. The Kier molecular flexibility index (Phi) is 2.34. The maximum atomic E-state index is 9.73. The number of para-hydroxylation sites is 2. The first-order valence-corrected chi connectivity index (χ1v) is 13.0. The molecule has 7 aromatic carbocycles. The summed E-state index contributed by atoms with van der Waals surface area (Å²) in [7, 11) is 0. The van der Waals surface area contributed by atoms with Gasteiger partial charge in [-0.05, 0) is 65.0 Å². The molecule has 0 atom stereocenters. The first-order chi connectivity index (χ1) is 33.6. The zero-order valence-corrected chi connectivity index (χ0v) is 22.3. The molecular formula is C42H27NO2. The van der Waals surface area contributed by atoms with Crippen molar-refractivity contribution in [3.05, 3.63) is 163 Å². The fraction of sp³-hybridized carbons (Fsp3) is 0. The van der Waals surface area contributed by atoms with E-state index in [0.29, 0.717) is 4.90 Å². The van der Waals surface area contributed by atoms with E-state index < -0.39 is 246 Å². The largest absolute Gasteiger partial charge is 0.456 e. The van der Waals surface area contributed by atoms with Crippen molar-refractivity contribution in [2.45, 2.75) is 0 Å². The summed E-state index contributed by atoms with van der Waals surface area (Å²) >= 11 is 0. The number of hydrogen-bond acceptors (Lipinski definition) is 3. The van der Waals surface area contributed by atoms with Crippen molar-refractivity contribution in [2.24, 2.45) is 0 Å². The Morgan fingerprint density at radius 3 is 1.76 bits per heavy atom. The summed E-state index contributed by atoms with van der Waals surface area (Å²) in [6, 6.07) is -25.7. The van der Waals surface area contributed by atoms with E-state index in [2.05, 4.69) is 0 Å². The van der Waals surface area contributed by atoms with Gasteiger partial charge in [0.15, 0.2) is 0 Å². The average Bonchev–Trinajstić information content (AvgIpc) is 3.96. The smallest absolute Gasteiger partial charge is 0.144 e. The maximum absolute atomic E-state index is 9.73. The predicted octanol–water partition coefficient (Wildman–Crippen LogP) is 12.3. The van der Waals surface area contributed by atoms with Crippen LogP contribution in [0.15, 0.2) is 172 Å². The number of anilines is 3. The summed E-state index contributed by atoms with van der Waals surface area (Å²) in [4.78, 5) is 0.412. The summed E-state index contributed by atoms with van der Waals surface area (Å²) in [6.07, 6.45) is 0. The molecule has 0 radical (unpaired) electrons. The van der Waals surface area contributed by atoms with E-state index in [4.69, 9.17) is 37.6 Å². The minimum absolute atomic E-state index is 0.412. The van der Waals surface area contributed by atoms with E-state index in [0.717, 1.165) is 0 Å². The lowest BCUT2D eigenvalue weighted by Crippen LogP contribution is -2.09. The molecule has 0 aliphatic rings. The second-order valence-electron chi connectivity index (χ2n) is 9.28. The molecule has 0 amide bonds. The zero-order valence-electron chi connectivity index (χ0n) is 49.3. The lowest BCUT2D eigenvalue weighted by molar-refractivity contribution is 0.664. The van der Waals surface area contributed by atoms with Gasteiger partial charge < -0.3 is 13.7 Å². The van der Waals surface area contributed by atoms with E-state index >= 15 is 0 Å². The van der Waals surface area contributed by atoms with Crippen LogP contribution in [0.1, 0.15) is 37.0 Å². The highest BCUT2D eigenvalue weighted by atomic mass is 16.3. The van der Waals surface area contributed by atoms with Gasteiger partial charge in [-0.25, -0.2) is 0 Å². The lowest BCUT2D eigenvalue weighted by atomic mass is 9.96. The van der Waals surface area contributed by atoms with Crippen LogP contribution in [0.3, 0.4) is 0 Å². The normalized spacial score (nSPS) is 20.0. The topological polar surface area (TPSA) is 29.5 Å². The third kappa shape index (κ3) is 4.21. The molecule has 0 saturated heterocycles. The fourth-order valence-electron chi connectivity index (χ4n) is 4.90. The van der Waals surface area contributed by atoms with Gasteiger partial charge in [-0.2, -0.15) is 0 Å². The van der Waals surface area contributed by atoms with Crippen LogP contribution in [0.5, 0.6) is 0 Å². The number of rotatable bonds is 5. The summed E-state index contributed by atoms with van der Waals surface area (Å²) in [5, 5.41) is -1.99. The quantitative estimate of drug-likeness (QED) is 0.196. The van der Waals surface area contributed by atoms with E-state index in [1.807, 2.05) is 0 Å². The summed E-state index contributed by atoms with van der Waals surface area (Å²) < 4.78 is 250. The summed E-state index contributed by atoms with van der Waals surface area (Å²) in [5.74, 6) is 0. The Bertz CT molecular complexity index is 3910. The van der Waals surface area contributed by atoms with Gasteiger partial charge in [-0.15, -0.1) is 0 Å². The van der Waals surface area contributed by atoms with Gasteiger partial charge in [-0.3, -0.25) is 0 Å². The van der Waals surface area contributed by atoms with Crippen LogP contribution in [0.4, 0.5) is 17.1 Å². The molecule has 0 unspecified atom stereocenters. The Morgan fingerprint density at radius 1 is 0.400 bits per heavy atom. The molecular weight excluding hydrogens is 550 g/mol. The van der Waals surface area contributed by atoms with Gasteiger partial charge in [0.1, 0.15) is 22.3 Å². The molecule has 0 N–H and O–H groups in total. The van der Waals surface area contributed by atoms with E-state index in [1.54, 1.807) is 0 Å². The van der Waals surface area contributed by atoms with Gasteiger partial charge >= 0.3 is 0 Å². The van der Waals surface area contributed by atoms with Crippen LogP contribution in [-0.4, -0.2) is 0 Å². The predicted molar refractivity (Wildman–Crippen MR) is 187 cm³/mol. The van der Waals surface area contributed by atoms with E-state index in [9.17, 15) is 8.22 Å². The minimum atomic E-state index is -1.17. The molecule has 0 spiro atoms. The second-order valence-corrected chi connectivity index (χ2v) is 9.28. The van der Waals surface area contributed by atoms with Crippen molar-refractivity contribution in [2.75, 3.05) is 4.90 Å². The van der Waals surface area contributed by atoms with Gasteiger partial charge in [0.25, 0.3) is 0 Å². The summed E-state index contributed by atoms with van der Waals surface area (Å²) in [5.41, 5.74) is -8.46. The van der Waals surface area contributed by atoms with Crippen LogP contribution in [0.2, 0.25) is 0 Å². The Labute approximate surface area is 298 Å². The lowest BCUT2D eigenvalue weighted by Gasteiger charge is -2.25. The third-order valence-corrected chi connectivity index (χ3v) is 6.77. The van der Waals surface area contributed by atoms with Crippen molar-refractivity contribution >= 4 is 60.9 Å². The molecule has 45 heavy (non-hydrogen) atoms. The zero-order chi connectivity index (χ0) is 53.2. The van der Waals surface area contributed by atoms with Crippen LogP contribution in [0, 0.1) is 0 Å². The van der Waals surface area contributed by atoms with E-state index in [-0.39, 0.29) is 0 Å². The molecule has 0 aliphatic heterocycles. The molecule has 2 heterocycles. The summed E-state index contributed by atoms with van der Waals surface area (Å²) in [6.45, 7) is 0. The maximum Gasteiger partial charge on any atom is 0.144 e. The van der Waals surface area contributed by atoms with Crippen LogP contribution < -0.4 is 4.90 Å². The minimum Gasteiger partial charge on any atom is -0.456 e. The van der Waals surface area contributed by atoms with Crippen molar-refractivity contribution in [1.29, 1.82) is 0 Å². The van der Waals surface area contributed by atoms with Crippen LogP contribution >= 0.6 is 0 Å². The number of benzene rings is 7. The first kappa shape index (κ1) is 10.3. The Balaban J connectivity index is 1.51. The Hall–Kier alpha value is -6.06. The first-order valence-electron chi connectivity index (χ1n) is 26.5. The molecule has 2 aromatic heterocycles. The monoisotopic (exact) mass is 604 g/mol. The molecule has 3 heteroatoms. The SMILES string of the molecule is [2H]c1c([2H])c([2H])c(-c2c([2H])c([2H])c(N(c3c([2H])c([2H])c([2H])c([2H])c3[2H])c3c([2H])c([2H])c4c(oc5c(-c6c([2H])c([2H])c([2H])c([2H])c6[2H])c6c(oc7c([2H])c([2H])c([2H])c([2H])c76)c([2H])c54)c3[2H])c([2H])c2[2H])c([2H])c1[2H].